The van der Waals surface area contributed by atoms with Crippen LogP contribution < -0.4 is 0 Å². The molecular weight excluding hydrogens is 156 g/mol. The van der Waals surface area contributed by atoms with Gasteiger partial charge in [-0.25, -0.2) is 0 Å². The largest absolute Gasteiger partial charge is 0.0625 e. The van der Waals surface area contributed by atoms with Crippen LogP contribution in [-0.2, 0) is 0 Å². The topological polar surface area (TPSA) is 0 Å². The molecule has 3 atom stereocenters. The zero-order chi connectivity index (χ0) is 10.0. The van der Waals surface area contributed by atoms with Crippen LogP contribution >= 0.6 is 0 Å². The highest BCUT2D eigenvalue weighted by atomic mass is 14.4. The van der Waals surface area contributed by atoms with Crippen LogP contribution in [0.25, 0.3) is 0 Å². The molecule has 1 fully saturated rings. The summed E-state index contributed by atoms with van der Waals surface area (Å²) in [5, 5.41) is 0. The third kappa shape index (κ3) is 2.72. The van der Waals surface area contributed by atoms with Crippen LogP contribution in [0.3, 0.4) is 0 Å². The van der Waals surface area contributed by atoms with Crippen LogP contribution in [0.5, 0.6) is 0 Å². The first-order valence-corrected chi connectivity index (χ1v) is 6.02. The zero-order valence-electron chi connectivity index (χ0n) is 10.0. The molecule has 0 N–H and O–H groups in total. The molecule has 0 heteroatoms. The Hall–Kier alpha value is 0. The van der Waals surface area contributed by atoms with Crippen molar-refractivity contribution < 1.29 is 0 Å². The van der Waals surface area contributed by atoms with E-state index in [4.69, 9.17) is 0 Å². The van der Waals surface area contributed by atoms with Crippen LogP contribution in [0.15, 0.2) is 0 Å². The maximum Gasteiger partial charge on any atom is -0.0360 e. The van der Waals surface area contributed by atoms with Gasteiger partial charge in [0.25, 0.3) is 0 Å². The first-order valence-electron chi connectivity index (χ1n) is 6.02. The lowest BCUT2D eigenvalue weighted by Crippen LogP contribution is -2.17. The predicted molar refractivity (Wildman–Crippen MR) is 59.7 cm³/mol. The lowest BCUT2D eigenvalue weighted by atomic mass is 9.80. The maximum absolute atomic E-state index is 2.45. The molecule has 0 amide bonds. The Balaban J connectivity index is 2.42. The second-order valence-corrected chi connectivity index (χ2v) is 5.65. The van der Waals surface area contributed by atoms with Gasteiger partial charge in [0.1, 0.15) is 0 Å². The van der Waals surface area contributed by atoms with Crippen molar-refractivity contribution in [3.05, 3.63) is 0 Å². The summed E-state index contributed by atoms with van der Waals surface area (Å²) in [6.45, 7) is 12.0. The van der Waals surface area contributed by atoms with Crippen molar-refractivity contribution in [2.75, 3.05) is 0 Å². The highest BCUT2D eigenvalue weighted by molar-refractivity contribution is 4.81. The van der Waals surface area contributed by atoms with Crippen molar-refractivity contribution in [3.63, 3.8) is 0 Å². The molecule has 0 heterocycles. The summed E-state index contributed by atoms with van der Waals surface area (Å²) in [5.41, 5.74) is 0. The molecule has 0 aromatic rings. The molecular formula is C13H26. The van der Waals surface area contributed by atoms with Gasteiger partial charge in [0.15, 0.2) is 0 Å². The van der Waals surface area contributed by atoms with Gasteiger partial charge in [-0.3, -0.25) is 0 Å². The van der Waals surface area contributed by atoms with Gasteiger partial charge >= 0.3 is 0 Å². The van der Waals surface area contributed by atoms with Crippen molar-refractivity contribution in [3.8, 4) is 0 Å². The van der Waals surface area contributed by atoms with E-state index < -0.39 is 0 Å². The van der Waals surface area contributed by atoms with Crippen LogP contribution in [0, 0.1) is 29.6 Å². The van der Waals surface area contributed by atoms with E-state index in [1.807, 2.05) is 0 Å². The Kier molecular flexibility index (Phi) is 3.82. The van der Waals surface area contributed by atoms with E-state index in [2.05, 4.69) is 34.6 Å². The fourth-order valence-corrected chi connectivity index (χ4v) is 2.68. The summed E-state index contributed by atoms with van der Waals surface area (Å²) in [4.78, 5) is 0. The Bertz CT molecular complexity index is 138. The molecule has 0 radical (unpaired) electrons. The summed E-state index contributed by atoms with van der Waals surface area (Å²) in [6.07, 6.45) is 4.40. The highest BCUT2D eigenvalue weighted by Gasteiger charge is 2.31. The molecule has 0 saturated heterocycles. The minimum atomic E-state index is 0.861. The van der Waals surface area contributed by atoms with E-state index in [0.29, 0.717) is 0 Å². The molecule has 1 aliphatic rings. The third-order valence-corrected chi connectivity index (χ3v) is 4.32. The van der Waals surface area contributed by atoms with Gasteiger partial charge in [0.2, 0.25) is 0 Å². The van der Waals surface area contributed by atoms with Crippen LogP contribution in [0.1, 0.15) is 53.9 Å². The smallest absolute Gasteiger partial charge is 0.0360 e. The van der Waals surface area contributed by atoms with E-state index in [9.17, 15) is 0 Å². The molecule has 0 aromatic heterocycles. The summed E-state index contributed by atoms with van der Waals surface area (Å²) in [7, 11) is 0. The maximum atomic E-state index is 2.45. The average Bonchev–Trinajstić information content (AvgIpc) is 2.35. The van der Waals surface area contributed by atoms with Crippen molar-refractivity contribution in [1.82, 2.24) is 0 Å². The Morgan fingerprint density at radius 3 is 1.85 bits per heavy atom. The number of hydrogen-bond donors (Lipinski definition) is 0. The molecule has 1 aliphatic carbocycles. The lowest BCUT2D eigenvalue weighted by Gasteiger charge is -2.25. The molecule has 13 heavy (non-hydrogen) atoms. The fraction of sp³-hybridized carbons (Fsp3) is 1.00. The van der Waals surface area contributed by atoms with E-state index in [1.165, 1.54) is 19.3 Å². The Morgan fingerprint density at radius 1 is 1.00 bits per heavy atom. The summed E-state index contributed by atoms with van der Waals surface area (Å²) >= 11 is 0. The minimum absolute atomic E-state index is 0.861. The van der Waals surface area contributed by atoms with E-state index in [-0.39, 0.29) is 0 Å². The molecule has 1 rings (SSSR count). The third-order valence-electron chi connectivity index (χ3n) is 4.32. The minimum Gasteiger partial charge on any atom is -0.0625 e. The average molecular weight is 182 g/mol. The van der Waals surface area contributed by atoms with Crippen molar-refractivity contribution in [1.29, 1.82) is 0 Å². The van der Waals surface area contributed by atoms with Crippen molar-refractivity contribution in [2.24, 2.45) is 29.6 Å². The van der Waals surface area contributed by atoms with Gasteiger partial charge in [0.05, 0.1) is 0 Å². The molecule has 0 nitrogen and oxygen atoms in total. The quantitative estimate of drug-likeness (QED) is 0.608. The Labute approximate surface area is 84.1 Å². The zero-order valence-corrected chi connectivity index (χ0v) is 10.0. The first-order chi connectivity index (χ1) is 6.02. The number of hydrogen-bond acceptors (Lipinski definition) is 0. The van der Waals surface area contributed by atoms with Gasteiger partial charge < -0.3 is 0 Å². The summed E-state index contributed by atoms with van der Waals surface area (Å²) in [6, 6.07) is 0. The summed E-state index contributed by atoms with van der Waals surface area (Å²) < 4.78 is 0. The van der Waals surface area contributed by atoms with E-state index >= 15 is 0 Å². The second kappa shape index (κ2) is 4.48. The van der Waals surface area contributed by atoms with Crippen molar-refractivity contribution in [2.45, 2.75) is 53.9 Å². The van der Waals surface area contributed by atoms with Gasteiger partial charge in [-0.05, 0) is 36.0 Å². The van der Waals surface area contributed by atoms with Gasteiger partial charge in [-0.2, -0.15) is 0 Å². The normalized spacial score (nSPS) is 36.9. The summed E-state index contributed by atoms with van der Waals surface area (Å²) in [5.74, 6) is 4.75. The fourth-order valence-electron chi connectivity index (χ4n) is 2.68. The first kappa shape index (κ1) is 11.1. The lowest BCUT2D eigenvalue weighted by molar-refractivity contribution is 0.243. The van der Waals surface area contributed by atoms with Crippen LogP contribution in [-0.4, -0.2) is 0 Å². The monoisotopic (exact) mass is 182 g/mol. The molecule has 0 bridgehead atoms. The van der Waals surface area contributed by atoms with E-state index in [0.717, 1.165) is 29.6 Å². The van der Waals surface area contributed by atoms with E-state index in [1.54, 1.807) is 0 Å². The number of rotatable bonds is 3. The van der Waals surface area contributed by atoms with Gasteiger partial charge in [-0.1, -0.05) is 47.5 Å². The standard InChI is InChI=1S/C13H26/c1-9(2)12(5)8-13-10(3)6-7-11(13)4/h9-13H,6-8H2,1-5H3. The molecule has 78 valence electrons. The van der Waals surface area contributed by atoms with Crippen molar-refractivity contribution >= 4 is 0 Å². The molecule has 0 aliphatic heterocycles. The Morgan fingerprint density at radius 2 is 1.46 bits per heavy atom. The van der Waals surface area contributed by atoms with Crippen LogP contribution in [0.4, 0.5) is 0 Å². The van der Waals surface area contributed by atoms with Gasteiger partial charge in [0, 0.05) is 0 Å². The molecule has 0 aromatic carbocycles. The second-order valence-electron chi connectivity index (χ2n) is 5.65. The van der Waals surface area contributed by atoms with Gasteiger partial charge in [-0.15, -0.1) is 0 Å². The highest BCUT2D eigenvalue weighted by Crippen LogP contribution is 2.41. The molecule has 0 spiro atoms. The molecule has 3 unspecified atom stereocenters. The van der Waals surface area contributed by atoms with Crippen LogP contribution in [0.2, 0.25) is 0 Å². The molecule has 1 saturated carbocycles. The predicted octanol–water partition coefficient (Wildman–Crippen LogP) is 4.35. The SMILES string of the molecule is CC(C)C(C)CC1C(C)CCC1C.